The second kappa shape index (κ2) is 7.40. The molecule has 0 spiro atoms. The molecule has 3 heterocycles. The third-order valence-electron chi connectivity index (χ3n) is 5.07. The number of phenols is 1. The van der Waals surface area contributed by atoms with Crippen LogP contribution in [0, 0.1) is 0 Å². The number of imidazole rings is 1. The minimum absolute atomic E-state index is 0.162. The van der Waals surface area contributed by atoms with Crippen molar-refractivity contribution in [1.82, 2.24) is 14.5 Å². The zero-order valence-electron chi connectivity index (χ0n) is 16.1. The molecule has 30 heavy (non-hydrogen) atoms. The molecule has 2 aromatic carbocycles. The largest absolute Gasteiger partial charge is 0.508 e. The van der Waals surface area contributed by atoms with Crippen LogP contribution in [-0.4, -0.2) is 19.6 Å². The first-order valence-electron chi connectivity index (χ1n) is 9.66. The fourth-order valence-corrected chi connectivity index (χ4v) is 3.58. The summed E-state index contributed by atoms with van der Waals surface area (Å²) < 4.78 is 6.99. The number of aromatic nitrogens is 3. The average molecular weight is 397 g/mol. The van der Waals surface area contributed by atoms with Crippen molar-refractivity contribution in [3.05, 3.63) is 112 Å². The molecule has 2 aliphatic rings. The number of hydrogen-bond acceptors (Lipinski definition) is 4. The Balaban J connectivity index is 1.66. The normalized spacial score (nSPS) is 11.2. The molecule has 0 atom stereocenters. The van der Waals surface area contributed by atoms with E-state index in [-0.39, 0.29) is 11.3 Å². The van der Waals surface area contributed by atoms with Gasteiger partial charge >= 0.3 is 0 Å². The van der Waals surface area contributed by atoms with E-state index in [1.54, 1.807) is 35.2 Å². The van der Waals surface area contributed by atoms with Gasteiger partial charge in [0.25, 0.3) is 5.56 Å². The molecule has 0 unspecified atom stereocenters. The van der Waals surface area contributed by atoms with Crippen LogP contribution in [0.2, 0.25) is 0 Å². The van der Waals surface area contributed by atoms with E-state index in [2.05, 4.69) is 9.97 Å². The predicted molar refractivity (Wildman–Crippen MR) is 113 cm³/mol. The van der Waals surface area contributed by atoms with Gasteiger partial charge in [-0.05, 0) is 47.5 Å². The van der Waals surface area contributed by atoms with E-state index in [4.69, 9.17) is 4.42 Å². The van der Waals surface area contributed by atoms with Crippen LogP contribution in [0.3, 0.4) is 0 Å². The minimum atomic E-state index is -0.162. The molecule has 3 aromatic rings. The van der Waals surface area contributed by atoms with E-state index in [1.165, 1.54) is 0 Å². The van der Waals surface area contributed by atoms with Gasteiger partial charge in [-0.3, -0.25) is 9.36 Å². The quantitative estimate of drug-likeness (QED) is 0.467. The highest BCUT2D eigenvalue weighted by Crippen LogP contribution is 2.25. The number of nitrogens with one attached hydrogen (secondary N) is 1. The summed E-state index contributed by atoms with van der Waals surface area (Å²) in [6.07, 6.45) is 4.30. The number of furan rings is 1. The molecule has 1 aromatic heterocycles. The molecule has 6 heteroatoms. The molecule has 5 rings (SSSR count). The van der Waals surface area contributed by atoms with Crippen molar-refractivity contribution < 1.29 is 9.52 Å². The lowest BCUT2D eigenvalue weighted by molar-refractivity contribution is 0.475. The summed E-state index contributed by atoms with van der Waals surface area (Å²) in [4.78, 5) is 21.2. The highest BCUT2D eigenvalue weighted by molar-refractivity contribution is 5.61. The molecule has 0 fully saturated rings. The fourth-order valence-electron chi connectivity index (χ4n) is 3.58. The van der Waals surface area contributed by atoms with Crippen LogP contribution < -0.4 is 5.56 Å². The van der Waals surface area contributed by atoms with E-state index in [9.17, 15) is 9.90 Å². The Morgan fingerprint density at radius 3 is 2.50 bits per heavy atom. The number of rotatable bonds is 5. The number of phenolic OH excluding ortho intramolecular Hbond substituents is 1. The Labute approximate surface area is 172 Å². The molecule has 0 bridgehead atoms. The Kier molecular flexibility index (Phi) is 4.44. The van der Waals surface area contributed by atoms with Gasteiger partial charge < -0.3 is 14.5 Å². The smallest absolute Gasteiger partial charge is 0.278 e. The highest BCUT2D eigenvalue weighted by Gasteiger charge is 2.21. The lowest BCUT2D eigenvalue weighted by atomic mass is 10.1. The van der Waals surface area contributed by atoms with Crippen LogP contribution in [0.25, 0.3) is 17.1 Å². The van der Waals surface area contributed by atoms with Gasteiger partial charge in [0, 0.05) is 12.6 Å². The molecule has 0 saturated carbocycles. The van der Waals surface area contributed by atoms with Crippen molar-refractivity contribution in [2.24, 2.45) is 0 Å². The highest BCUT2D eigenvalue weighted by atomic mass is 16.3. The number of fused-ring (bicyclic) bond motifs is 1. The second-order valence-electron chi connectivity index (χ2n) is 7.17. The SMILES string of the molecule is O=c1c(Cc2ccco2)nc2c(Cc3ccccc3)[nH]c(-c3ccc(O)cc3)cn1-2. The van der Waals surface area contributed by atoms with Gasteiger partial charge in [0.1, 0.15) is 17.2 Å². The Bertz CT molecular complexity index is 1300. The lowest BCUT2D eigenvalue weighted by Crippen LogP contribution is -2.17. The summed E-state index contributed by atoms with van der Waals surface area (Å²) in [6, 6.07) is 20.5. The topological polar surface area (TPSA) is 84.1 Å². The van der Waals surface area contributed by atoms with Crippen LogP contribution in [-0.2, 0) is 12.8 Å². The number of hydrogen-bond donors (Lipinski definition) is 2. The molecular weight excluding hydrogens is 378 g/mol. The zero-order valence-corrected chi connectivity index (χ0v) is 16.1. The first-order valence-corrected chi connectivity index (χ1v) is 9.66. The molecule has 2 N–H and O–H groups in total. The van der Waals surface area contributed by atoms with Crippen molar-refractivity contribution in [2.45, 2.75) is 12.8 Å². The molecule has 2 aliphatic heterocycles. The van der Waals surface area contributed by atoms with Gasteiger partial charge in [0.2, 0.25) is 0 Å². The number of nitrogens with zero attached hydrogens (tertiary/aromatic N) is 2. The summed E-state index contributed by atoms with van der Waals surface area (Å²) in [7, 11) is 0. The Hall–Kier alpha value is -4.06. The Morgan fingerprint density at radius 1 is 0.967 bits per heavy atom. The molecule has 6 nitrogen and oxygen atoms in total. The number of benzene rings is 2. The monoisotopic (exact) mass is 397 g/mol. The standard InChI is InChI=1S/C24H19N3O3/c28-18-10-8-17(9-11-18)22-15-27-23(20(25-22)13-16-5-2-1-3-6-16)26-21(24(27)29)14-19-7-4-12-30-19/h1-12,15,25,28H,13-14H2. The lowest BCUT2D eigenvalue weighted by Gasteiger charge is -2.13. The van der Waals surface area contributed by atoms with E-state index < -0.39 is 0 Å². The van der Waals surface area contributed by atoms with Crippen LogP contribution in [0.4, 0.5) is 0 Å². The molecule has 148 valence electrons. The molecule has 0 saturated heterocycles. The molecule has 0 amide bonds. The van der Waals surface area contributed by atoms with E-state index in [0.717, 1.165) is 22.5 Å². The molecular formula is C24H19N3O3. The maximum absolute atomic E-state index is 13.1. The third-order valence-corrected chi connectivity index (χ3v) is 5.07. The number of aromatic amines is 1. The van der Waals surface area contributed by atoms with Crippen LogP contribution in [0.15, 0.2) is 88.4 Å². The van der Waals surface area contributed by atoms with Gasteiger partial charge in [-0.2, -0.15) is 0 Å². The van der Waals surface area contributed by atoms with Gasteiger partial charge in [-0.25, -0.2) is 4.98 Å². The maximum atomic E-state index is 13.1. The minimum Gasteiger partial charge on any atom is -0.508 e. The Morgan fingerprint density at radius 2 is 1.77 bits per heavy atom. The fraction of sp³-hybridized carbons (Fsp3) is 0.0833. The molecule has 0 radical (unpaired) electrons. The number of H-pyrrole nitrogens is 1. The summed E-state index contributed by atoms with van der Waals surface area (Å²) in [5.74, 6) is 1.49. The summed E-state index contributed by atoms with van der Waals surface area (Å²) >= 11 is 0. The predicted octanol–water partition coefficient (Wildman–Crippen LogP) is 4.15. The first-order chi connectivity index (χ1) is 14.7. The van der Waals surface area contributed by atoms with Crippen LogP contribution in [0.1, 0.15) is 22.7 Å². The maximum Gasteiger partial charge on any atom is 0.278 e. The average Bonchev–Trinajstić information content (AvgIpc) is 3.38. The van der Waals surface area contributed by atoms with E-state index >= 15 is 0 Å². The van der Waals surface area contributed by atoms with Crippen molar-refractivity contribution >= 4 is 0 Å². The van der Waals surface area contributed by atoms with Gasteiger partial charge in [0.15, 0.2) is 5.82 Å². The van der Waals surface area contributed by atoms with Crippen LogP contribution in [0.5, 0.6) is 5.75 Å². The van der Waals surface area contributed by atoms with Crippen molar-refractivity contribution in [3.63, 3.8) is 0 Å². The van der Waals surface area contributed by atoms with Crippen molar-refractivity contribution in [3.8, 4) is 22.8 Å². The van der Waals surface area contributed by atoms with E-state index in [1.807, 2.05) is 48.5 Å². The van der Waals surface area contributed by atoms with Gasteiger partial charge in [0.05, 0.1) is 24.1 Å². The number of aromatic hydroxyl groups is 1. The third kappa shape index (κ3) is 3.39. The zero-order chi connectivity index (χ0) is 20.5. The van der Waals surface area contributed by atoms with E-state index in [0.29, 0.717) is 30.1 Å². The summed E-state index contributed by atoms with van der Waals surface area (Å²) in [6.45, 7) is 0. The summed E-state index contributed by atoms with van der Waals surface area (Å²) in [5, 5.41) is 9.61. The van der Waals surface area contributed by atoms with Crippen molar-refractivity contribution in [2.75, 3.05) is 0 Å². The van der Waals surface area contributed by atoms with Crippen LogP contribution >= 0.6 is 0 Å². The van der Waals surface area contributed by atoms with Gasteiger partial charge in [-0.1, -0.05) is 30.3 Å². The molecule has 0 aliphatic carbocycles. The van der Waals surface area contributed by atoms with Crippen molar-refractivity contribution in [1.29, 1.82) is 0 Å². The van der Waals surface area contributed by atoms with Gasteiger partial charge in [-0.15, -0.1) is 0 Å². The second-order valence-corrected chi connectivity index (χ2v) is 7.17. The summed E-state index contributed by atoms with van der Waals surface area (Å²) in [5.41, 5.74) is 3.87. The first kappa shape index (κ1) is 18.0.